The van der Waals surface area contributed by atoms with E-state index in [1.54, 1.807) is 6.92 Å². The summed E-state index contributed by atoms with van der Waals surface area (Å²) in [7, 11) is 1.37. The van der Waals surface area contributed by atoms with E-state index in [0.29, 0.717) is 6.29 Å². The Kier molecular flexibility index (Phi) is 6.87. The Bertz CT molecular complexity index is 417. The van der Waals surface area contributed by atoms with E-state index in [4.69, 9.17) is 9.47 Å². The summed E-state index contributed by atoms with van der Waals surface area (Å²) in [6.07, 6.45) is 0.532. The topological polar surface area (TPSA) is 75.7 Å². The second-order valence-electron chi connectivity index (χ2n) is 2.94. The molecule has 0 aromatic heterocycles. The first-order valence-electron chi connectivity index (χ1n) is 4.65. The standard InChI is InChI=1S/C11H12O5.Na/c1-3-16-10-8(11(13)14)4-7(6-12)5-9(10)15-2;/h4-6H,3H2,1-2H3,(H,13,14);/q;+1/p-1. The van der Waals surface area contributed by atoms with Gasteiger partial charge in [0.05, 0.1) is 19.7 Å². The van der Waals surface area contributed by atoms with Crippen molar-refractivity contribution in [2.24, 2.45) is 0 Å². The molecular weight excluding hydrogens is 235 g/mol. The molecule has 1 aromatic carbocycles. The third-order valence-electron chi connectivity index (χ3n) is 1.94. The van der Waals surface area contributed by atoms with Crippen molar-refractivity contribution < 1.29 is 53.7 Å². The van der Waals surface area contributed by atoms with Crippen LogP contribution in [0, 0.1) is 0 Å². The number of methoxy groups -OCH3 is 1. The van der Waals surface area contributed by atoms with Gasteiger partial charge in [-0.1, -0.05) is 0 Å². The smallest absolute Gasteiger partial charge is 0.545 e. The number of carboxylic acids is 1. The summed E-state index contributed by atoms with van der Waals surface area (Å²) in [5.74, 6) is -1.13. The van der Waals surface area contributed by atoms with Crippen molar-refractivity contribution in [3.8, 4) is 11.5 Å². The average molecular weight is 246 g/mol. The first-order valence-corrected chi connectivity index (χ1v) is 4.65. The van der Waals surface area contributed by atoms with E-state index in [1.807, 2.05) is 0 Å². The number of aldehydes is 1. The number of hydrogen-bond acceptors (Lipinski definition) is 5. The molecule has 1 rings (SSSR count). The van der Waals surface area contributed by atoms with Crippen LogP contribution in [0.15, 0.2) is 12.1 Å². The molecule has 0 saturated carbocycles. The van der Waals surface area contributed by atoms with Gasteiger partial charge >= 0.3 is 29.6 Å². The zero-order chi connectivity index (χ0) is 12.1. The normalized spacial score (nSPS) is 9.06. The predicted octanol–water partition coefficient (Wildman–Crippen LogP) is -2.73. The SMILES string of the molecule is CCOc1c(OC)cc(C=O)cc1C(=O)[O-].[Na+]. The number of ether oxygens (including phenoxy) is 2. The zero-order valence-corrected chi connectivity index (χ0v) is 12.0. The van der Waals surface area contributed by atoms with Gasteiger partial charge < -0.3 is 19.4 Å². The largest absolute Gasteiger partial charge is 1.00 e. The molecule has 0 saturated heterocycles. The van der Waals surface area contributed by atoms with Crippen LogP contribution in [0.5, 0.6) is 11.5 Å². The van der Waals surface area contributed by atoms with Crippen LogP contribution in [0.3, 0.4) is 0 Å². The summed E-state index contributed by atoms with van der Waals surface area (Å²) >= 11 is 0. The number of rotatable bonds is 5. The minimum absolute atomic E-state index is 0. The van der Waals surface area contributed by atoms with Gasteiger partial charge in [0.25, 0.3) is 0 Å². The average Bonchev–Trinajstić information content (AvgIpc) is 2.29. The molecule has 0 aliphatic carbocycles. The third kappa shape index (κ3) is 3.73. The Morgan fingerprint density at radius 1 is 1.47 bits per heavy atom. The first kappa shape index (κ1) is 16.0. The molecular formula is C11H11NaO5. The molecule has 86 valence electrons. The van der Waals surface area contributed by atoms with Crippen molar-refractivity contribution in [2.45, 2.75) is 6.92 Å². The molecule has 0 unspecified atom stereocenters. The molecule has 5 nitrogen and oxygen atoms in total. The molecule has 0 heterocycles. The summed E-state index contributed by atoms with van der Waals surface area (Å²) in [6.45, 7) is 2.00. The van der Waals surface area contributed by atoms with Crippen molar-refractivity contribution in [1.82, 2.24) is 0 Å². The van der Waals surface area contributed by atoms with Crippen LogP contribution >= 0.6 is 0 Å². The molecule has 0 bridgehead atoms. The van der Waals surface area contributed by atoms with Gasteiger partial charge in [0.1, 0.15) is 6.29 Å². The van der Waals surface area contributed by atoms with Crippen LogP contribution in [0.2, 0.25) is 0 Å². The molecule has 0 fully saturated rings. The fourth-order valence-electron chi connectivity index (χ4n) is 1.29. The Hall–Kier alpha value is -1.04. The summed E-state index contributed by atoms with van der Waals surface area (Å²) in [5.41, 5.74) is 0.00260. The minimum Gasteiger partial charge on any atom is -0.545 e. The summed E-state index contributed by atoms with van der Waals surface area (Å²) in [4.78, 5) is 21.5. The van der Waals surface area contributed by atoms with Gasteiger partial charge in [-0.05, 0) is 19.1 Å². The van der Waals surface area contributed by atoms with Crippen molar-refractivity contribution in [3.05, 3.63) is 23.3 Å². The summed E-state index contributed by atoms with van der Waals surface area (Å²) < 4.78 is 10.1. The molecule has 17 heavy (non-hydrogen) atoms. The quantitative estimate of drug-likeness (QED) is 0.416. The fourth-order valence-corrected chi connectivity index (χ4v) is 1.29. The van der Waals surface area contributed by atoms with Crippen LogP contribution in [0.25, 0.3) is 0 Å². The van der Waals surface area contributed by atoms with Gasteiger partial charge in [0.15, 0.2) is 11.5 Å². The summed E-state index contributed by atoms with van der Waals surface area (Å²) in [6, 6.07) is 2.60. The maximum Gasteiger partial charge on any atom is 1.00 e. The van der Waals surface area contributed by atoms with E-state index in [0.717, 1.165) is 0 Å². The van der Waals surface area contributed by atoms with Gasteiger partial charge in [0.2, 0.25) is 0 Å². The van der Waals surface area contributed by atoms with Crippen LogP contribution in [-0.2, 0) is 0 Å². The molecule has 1 aromatic rings. The number of aromatic carboxylic acids is 1. The number of carbonyl (C=O) groups is 2. The van der Waals surface area contributed by atoms with Crippen molar-refractivity contribution in [1.29, 1.82) is 0 Å². The van der Waals surface area contributed by atoms with Crippen molar-refractivity contribution >= 4 is 12.3 Å². The van der Waals surface area contributed by atoms with Gasteiger partial charge in [-0.15, -0.1) is 0 Å². The molecule has 0 aliphatic rings. The molecule has 0 amide bonds. The van der Waals surface area contributed by atoms with Crippen molar-refractivity contribution in [3.63, 3.8) is 0 Å². The van der Waals surface area contributed by atoms with Crippen LogP contribution in [0.1, 0.15) is 27.6 Å². The van der Waals surface area contributed by atoms with E-state index in [9.17, 15) is 14.7 Å². The predicted molar refractivity (Wildman–Crippen MR) is 53.9 cm³/mol. The van der Waals surface area contributed by atoms with E-state index < -0.39 is 5.97 Å². The minimum atomic E-state index is -1.41. The van der Waals surface area contributed by atoms with E-state index >= 15 is 0 Å². The van der Waals surface area contributed by atoms with E-state index in [2.05, 4.69) is 0 Å². The maximum absolute atomic E-state index is 10.9. The molecule has 6 heteroatoms. The number of carboxylic acid groups (broad SMARTS) is 1. The molecule has 0 N–H and O–H groups in total. The second-order valence-corrected chi connectivity index (χ2v) is 2.94. The second kappa shape index (κ2) is 7.32. The van der Waals surface area contributed by atoms with Gasteiger partial charge in [-0.25, -0.2) is 0 Å². The van der Waals surface area contributed by atoms with Gasteiger partial charge in [0, 0.05) is 11.1 Å². The van der Waals surface area contributed by atoms with Crippen LogP contribution < -0.4 is 44.1 Å². The number of hydrogen-bond donors (Lipinski definition) is 0. The van der Waals surface area contributed by atoms with E-state index in [1.165, 1.54) is 19.2 Å². The number of carbonyl (C=O) groups excluding carboxylic acids is 2. The molecule has 0 aliphatic heterocycles. The van der Waals surface area contributed by atoms with Crippen LogP contribution in [0.4, 0.5) is 0 Å². The van der Waals surface area contributed by atoms with Gasteiger partial charge in [-0.2, -0.15) is 0 Å². The Balaban J connectivity index is 0.00000256. The Morgan fingerprint density at radius 3 is 2.53 bits per heavy atom. The van der Waals surface area contributed by atoms with Crippen molar-refractivity contribution in [2.75, 3.05) is 13.7 Å². The zero-order valence-electron chi connectivity index (χ0n) is 9.98. The fraction of sp³-hybridized carbons (Fsp3) is 0.273. The Morgan fingerprint density at radius 2 is 2.12 bits per heavy atom. The monoisotopic (exact) mass is 246 g/mol. The summed E-state index contributed by atoms with van der Waals surface area (Å²) in [5, 5.41) is 10.9. The molecule has 0 atom stereocenters. The van der Waals surface area contributed by atoms with Crippen LogP contribution in [-0.4, -0.2) is 26.0 Å². The third-order valence-corrected chi connectivity index (χ3v) is 1.94. The number of benzene rings is 1. The maximum atomic E-state index is 10.9. The molecule has 0 radical (unpaired) electrons. The first-order chi connectivity index (χ1) is 7.63. The Labute approximate surface area is 121 Å². The van der Waals surface area contributed by atoms with Gasteiger partial charge in [-0.3, -0.25) is 4.79 Å². The molecule has 0 spiro atoms. The van der Waals surface area contributed by atoms with E-state index in [-0.39, 0.29) is 58.8 Å².